The van der Waals surface area contributed by atoms with Crippen LogP contribution in [0.4, 0.5) is 5.82 Å². The van der Waals surface area contributed by atoms with Crippen molar-refractivity contribution in [2.45, 2.75) is 13.0 Å². The van der Waals surface area contributed by atoms with Crippen molar-refractivity contribution in [1.29, 1.82) is 0 Å². The average molecular weight is 396 g/mol. The average Bonchev–Trinajstić information content (AvgIpc) is 2.74. The smallest absolute Gasteiger partial charge is 0.253 e. The number of hydrogen-bond acceptors (Lipinski definition) is 4. The maximum Gasteiger partial charge on any atom is 0.253 e. The van der Waals surface area contributed by atoms with E-state index in [0.717, 1.165) is 35.1 Å². The summed E-state index contributed by atoms with van der Waals surface area (Å²) in [5, 5.41) is 6.88. The molecule has 3 rings (SSSR count). The first-order chi connectivity index (χ1) is 13.6. The molecule has 0 unspecified atom stereocenters. The number of nitrogens with zero attached hydrogens (tertiary/aromatic N) is 1. The lowest BCUT2D eigenvalue weighted by Gasteiger charge is -2.08. The molecule has 0 atom stereocenters. The summed E-state index contributed by atoms with van der Waals surface area (Å²) < 4.78 is 5.13. The van der Waals surface area contributed by atoms with Gasteiger partial charge in [-0.05, 0) is 53.9 Å². The number of rotatable bonds is 8. The van der Waals surface area contributed by atoms with E-state index in [1.807, 2.05) is 54.6 Å². The first-order valence-electron chi connectivity index (χ1n) is 8.99. The molecule has 1 aromatic heterocycles. The first-order valence-corrected chi connectivity index (χ1v) is 9.37. The molecule has 0 bridgehead atoms. The Balaban J connectivity index is 1.46. The minimum absolute atomic E-state index is 0.156. The highest BCUT2D eigenvalue weighted by Crippen LogP contribution is 2.12. The molecule has 2 aromatic carbocycles. The maximum atomic E-state index is 12.3. The van der Waals surface area contributed by atoms with Crippen molar-refractivity contribution in [3.05, 3.63) is 88.6 Å². The van der Waals surface area contributed by atoms with Crippen LogP contribution in [0.3, 0.4) is 0 Å². The number of ether oxygens (including phenoxy) is 1. The van der Waals surface area contributed by atoms with E-state index in [4.69, 9.17) is 16.3 Å². The number of halogens is 1. The predicted octanol–water partition coefficient (Wildman–Crippen LogP) is 4.33. The van der Waals surface area contributed by atoms with Gasteiger partial charge in [-0.25, -0.2) is 4.98 Å². The van der Waals surface area contributed by atoms with Gasteiger partial charge < -0.3 is 15.4 Å². The lowest BCUT2D eigenvalue weighted by Crippen LogP contribution is -2.23. The number of aromatic nitrogens is 1. The summed E-state index contributed by atoms with van der Waals surface area (Å²) in [5.74, 6) is 1.37. The second-order valence-corrected chi connectivity index (χ2v) is 6.70. The lowest BCUT2D eigenvalue weighted by molar-refractivity contribution is 0.0950. The number of amides is 1. The van der Waals surface area contributed by atoms with E-state index in [2.05, 4.69) is 15.6 Å². The van der Waals surface area contributed by atoms with Crippen LogP contribution in [0.15, 0.2) is 66.9 Å². The third kappa shape index (κ3) is 5.72. The SMILES string of the molecule is COc1ccc(CNC(=O)c2ccc(NCCc3ccc(Cl)cc3)nc2)cc1. The maximum absolute atomic E-state index is 12.3. The van der Waals surface area contributed by atoms with Gasteiger partial charge in [0.1, 0.15) is 11.6 Å². The monoisotopic (exact) mass is 395 g/mol. The van der Waals surface area contributed by atoms with Gasteiger partial charge >= 0.3 is 0 Å². The molecular formula is C22H22ClN3O2. The summed E-state index contributed by atoms with van der Waals surface area (Å²) in [7, 11) is 1.62. The number of benzene rings is 2. The molecule has 2 N–H and O–H groups in total. The Morgan fingerprint density at radius 1 is 1.00 bits per heavy atom. The predicted molar refractivity (Wildman–Crippen MR) is 112 cm³/mol. The van der Waals surface area contributed by atoms with Crippen molar-refractivity contribution in [2.24, 2.45) is 0 Å². The zero-order chi connectivity index (χ0) is 19.8. The van der Waals surface area contributed by atoms with Crippen molar-refractivity contribution >= 4 is 23.3 Å². The highest BCUT2D eigenvalue weighted by Gasteiger charge is 2.06. The van der Waals surface area contributed by atoms with Crippen molar-refractivity contribution < 1.29 is 9.53 Å². The Bertz CT molecular complexity index is 895. The van der Waals surface area contributed by atoms with Crippen molar-refractivity contribution in [3.8, 4) is 5.75 Å². The van der Waals surface area contributed by atoms with E-state index < -0.39 is 0 Å². The van der Waals surface area contributed by atoms with Gasteiger partial charge in [-0.2, -0.15) is 0 Å². The summed E-state index contributed by atoms with van der Waals surface area (Å²) in [6.07, 6.45) is 2.44. The Morgan fingerprint density at radius 3 is 2.36 bits per heavy atom. The fraction of sp³-hybridized carbons (Fsp3) is 0.182. The van der Waals surface area contributed by atoms with Crippen LogP contribution in [0.1, 0.15) is 21.5 Å². The van der Waals surface area contributed by atoms with Crippen LogP contribution in [-0.4, -0.2) is 24.5 Å². The van der Waals surface area contributed by atoms with E-state index in [1.165, 1.54) is 5.56 Å². The molecule has 0 radical (unpaired) electrons. The molecule has 0 saturated carbocycles. The van der Waals surface area contributed by atoms with Gasteiger partial charge in [0.05, 0.1) is 12.7 Å². The van der Waals surface area contributed by atoms with E-state index in [-0.39, 0.29) is 5.91 Å². The molecule has 5 nitrogen and oxygen atoms in total. The Labute approximate surface area is 169 Å². The molecule has 28 heavy (non-hydrogen) atoms. The van der Waals surface area contributed by atoms with Gasteiger partial charge in [0.15, 0.2) is 0 Å². The summed E-state index contributed by atoms with van der Waals surface area (Å²) in [5.41, 5.74) is 2.73. The Kier molecular flexibility index (Phi) is 6.87. The van der Waals surface area contributed by atoms with Gasteiger partial charge in [0.25, 0.3) is 5.91 Å². The number of pyridine rings is 1. The fourth-order valence-corrected chi connectivity index (χ4v) is 2.77. The second kappa shape index (κ2) is 9.76. The number of carbonyl (C=O) groups is 1. The van der Waals surface area contributed by atoms with E-state index in [9.17, 15) is 4.79 Å². The number of nitrogens with one attached hydrogen (secondary N) is 2. The third-order valence-corrected chi connectivity index (χ3v) is 4.52. The summed E-state index contributed by atoms with van der Waals surface area (Å²) in [6.45, 7) is 1.20. The van der Waals surface area contributed by atoms with Crippen molar-refractivity contribution in [1.82, 2.24) is 10.3 Å². The quantitative estimate of drug-likeness (QED) is 0.596. The summed E-state index contributed by atoms with van der Waals surface area (Å²) in [4.78, 5) is 16.6. The fourth-order valence-electron chi connectivity index (χ4n) is 2.65. The Hall–Kier alpha value is -3.05. The zero-order valence-corrected chi connectivity index (χ0v) is 16.4. The molecule has 0 saturated heterocycles. The molecule has 0 aliphatic heterocycles. The summed E-state index contributed by atoms with van der Waals surface area (Å²) in [6, 6.07) is 18.9. The topological polar surface area (TPSA) is 63.2 Å². The molecule has 3 aromatic rings. The van der Waals surface area contributed by atoms with Crippen molar-refractivity contribution in [3.63, 3.8) is 0 Å². The number of carbonyl (C=O) groups excluding carboxylic acids is 1. The molecule has 0 aliphatic rings. The van der Waals surface area contributed by atoms with E-state index >= 15 is 0 Å². The van der Waals surface area contributed by atoms with Gasteiger partial charge in [-0.15, -0.1) is 0 Å². The van der Waals surface area contributed by atoms with Crippen LogP contribution in [0.25, 0.3) is 0 Å². The number of hydrogen-bond donors (Lipinski definition) is 2. The molecule has 1 heterocycles. The van der Waals surface area contributed by atoms with E-state index in [0.29, 0.717) is 12.1 Å². The van der Waals surface area contributed by atoms with Crippen LogP contribution in [0, 0.1) is 0 Å². The minimum atomic E-state index is -0.156. The van der Waals surface area contributed by atoms with Crippen molar-refractivity contribution in [2.75, 3.05) is 19.0 Å². The lowest BCUT2D eigenvalue weighted by atomic mass is 10.1. The van der Waals surface area contributed by atoms with Crippen LogP contribution in [-0.2, 0) is 13.0 Å². The van der Waals surface area contributed by atoms with Gasteiger partial charge in [-0.3, -0.25) is 4.79 Å². The highest BCUT2D eigenvalue weighted by molar-refractivity contribution is 6.30. The molecule has 6 heteroatoms. The Morgan fingerprint density at radius 2 is 1.71 bits per heavy atom. The van der Waals surface area contributed by atoms with Gasteiger partial charge in [0, 0.05) is 24.3 Å². The number of methoxy groups -OCH3 is 1. The minimum Gasteiger partial charge on any atom is -0.497 e. The highest BCUT2D eigenvalue weighted by atomic mass is 35.5. The molecule has 0 aliphatic carbocycles. The molecule has 1 amide bonds. The third-order valence-electron chi connectivity index (χ3n) is 4.27. The largest absolute Gasteiger partial charge is 0.497 e. The zero-order valence-electron chi connectivity index (χ0n) is 15.6. The van der Waals surface area contributed by atoms with Crippen LogP contribution < -0.4 is 15.4 Å². The van der Waals surface area contributed by atoms with Gasteiger partial charge in [0.2, 0.25) is 0 Å². The number of anilines is 1. The van der Waals surface area contributed by atoms with Crippen LogP contribution >= 0.6 is 11.6 Å². The first kappa shape index (κ1) is 19.7. The standard InChI is InChI=1S/C22H22ClN3O2/c1-28-20-9-4-17(5-10-20)14-26-22(27)18-6-11-21(25-15-18)24-13-12-16-2-7-19(23)8-3-16/h2-11,15H,12-14H2,1H3,(H,24,25)(H,26,27). The second-order valence-electron chi connectivity index (χ2n) is 6.27. The molecular weight excluding hydrogens is 374 g/mol. The molecule has 0 spiro atoms. The molecule has 144 valence electrons. The van der Waals surface area contributed by atoms with Crippen LogP contribution in [0.2, 0.25) is 5.02 Å². The summed E-state index contributed by atoms with van der Waals surface area (Å²) >= 11 is 5.89. The molecule has 0 fully saturated rings. The normalized spacial score (nSPS) is 10.4. The van der Waals surface area contributed by atoms with E-state index in [1.54, 1.807) is 19.4 Å². The van der Waals surface area contributed by atoms with Gasteiger partial charge in [-0.1, -0.05) is 35.9 Å². The van der Waals surface area contributed by atoms with Crippen LogP contribution in [0.5, 0.6) is 5.75 Å².